The molecule has 0 spiro atoms. The third kappa shape index (κ3) is 4.14. The van der Waals surface area contributed by atoms with Crippen molar-refractivity contribution in [1.82, 2.24) is 9.62 Å². The van der Waals surface area contributed by atoms with E-state index >= 15 is 0 Å². The highest BCUT2D eigenvalue weighted by atomic mass is 32.2. The molecule has 3 rings (SSSR count). The number of rotatable bonds is 5. The molecule has 1 aliphatic carbocycles. The van der Waals surface area contributed by atoms with Crippen LogP contribution in [-0.2, 0) is 21.2 Å². The van der Waals surface area contributed by atoms with Crippen molar-refractivity contribution in [2.75, 3.05) is 13.1 Å². The van der Waals surface area contributed by atoms with Crippen LogP contribution in [0.2, 0.25) is 0 Å². The standard InChI is InChI=1S/C16H24N2O3S2/c19-15(17-13-6-2-1-3-7-13)12-14-8-9-16(22-14)23(20,21)18-10-4-5-11-18/h8-9,13H,1-7,10-12H2,(H,17,19). The maximum absolute atomic E-state index is 12.5. The van der Waals surface area contributed by atoms with Crippen LogP contribution in [0, 0.1) is 0 Å². The van der Waals surface area contributed by atoms with E-state index in [0.717, 1.165) is 30.6 Å². The second-order valence-corrected chi connectivity index (χ2v) is 9.74. The minimum Gasteiger partial charge on any atom is -0.353 e. The minimum atomic E-state index is -3.36. The Morgan fingerprint density at radius 1 is 1.13 bits per heavy atom. The van der Waals surface area contributed by atoms with Crippen LogP contribution in [0.3, 0.4) is 0 Å². The van der Waals surface area contributed by atoms with E-state index in [-0.39, 0.29) is 12.3 Å². The summed E-state index contributed by atoms with van der Waals surface area (Å²) in [7, 11) is -3.36. The Hall–Kier alpha value is -0.920. The molecule has 2 fully saturated rings. The highest BCUT2D eigenvalue weighted by Gasteiger charge is 2.28. The molecule has 1 amide bonds. The summed E-state index contributed by atoms with van der Waals surface area (Å²) in [4.78, 5) is 12.9. The summed E-state index contributed by atoms with van der Waals surface area (Å²) in [6, 6.07) is 3.71. The van der Waals surface area contributed by atoms with Gasteiger partial charge in [0, 0.05) is 24.0 Å². The van der Waals surface area contributed by atoms with E-state index in [0.29, 0.717) is 23.3 Å². The van der Waals surface area contributed by atoms with E-state index in [1.54, 1.807) is 16.4 Å². The van der Waals surface area contributed by atoms with Crippen LogP contribution in [0.15, 0.2) is 16.3 Å². The van der Waals surface area contributed by atoms with Gasteiger partial charge in [0.05, 0.1) is 6.42 Å². The van der Waals surface area contributed by atoms with Crippen LogP contribution in [0.4, 0.5) is 0 Å². The van der Waals surface area contributed by atoms with E-state index < -0.39 is 10.0 Å². The number of carbonyl (C=O) groups is 1. The highest BCUT2D eigenvalue weighted by molar-refractivity contribution is 7.91. The van der Waals surface area contributed by atoms with E-state index in [4.69, 9.17) is 0 Å². The fraction of sp³-hybridized carbons (Fsp3) is 0.688. The van der Waals surface area contributed by atoms with E-state index in [9.17, 15) is 13.2 Å². The monoisotopic (exact) mass is 356 g/mol. The number of nitrogens with zero attached hydrogens (tertiary/aromatic N) is 1. The quantitative estimate of drug-likeness (QED) is 0.881. The number of sulfonamides is 1. The number of nitrogens with one attached hydrogen (secondary N) is 1. The Morgan fingerprint density at radius 2 is 1.83 bits per heavy atom. The van der Waals surface area contributed by atoms with Crippen molar-refractivity contribution in [3.63, 3.8) is 0 Å². The van der Waals surface area contributed by atoms with Crippen molar-refractivity contribution in [2.24, 2.45) is 0 Å². The molecule has 2 aliphatic rings. The average molecular weight is 357 g/mol. The maximum atomic E-state index is 12.5. The molecule has 1 aromatic heterocycles. The number of hydrogen-bond donors (Lipinski definition) is 1. The molecule has 0 aromatic carbocycles. The number of carbonyl (C=O) groups excluding carboxylic acids is 1. The summed E-state index contributed by atoms with van der Waals surface area (Å²) in [5.74, 6) is 0.00358. The van der Waals surface area contributed by atoms with E-state index in [1.165, 1.54) is 30.6 Å². The lowest BCUT2D eigenvalue weighted by Crippen LogP contribution is -2.36. The zero-order valence-electron chi connectivity index (χ0n) is 13.3. The Bertz CT molecular complexity index is 642. The van der Waals surface area contributed by atoms with Crippen molar-refractivity contribution < 1.29 is 13.2 Å². The van der Waals surface area contributed by atoms with Gasteiger partial charge in [-0.1, -0.05) is 19.3 Å². The van der Waals surface area contributed by atoms with Crippen LogP contribution >= 0.6 is 11.3 Å². The maximum Gasteiger partial charge on any atom is 0.252 e. The zero-order valence-corrected chi connectivity index (χ0v) is 14.9. The van der Waals surface area contributed by atoms with Crippen LogP contribution < -0.4 is 5.32 Å². The molecule has 1 saturated carbocycles. The van der Waals surface area contributed by atoms with Crippen molar-refractivity contribution in [2.45, 2.75) is 61.6 Å². The second-order valence-electron chi connectivity index (χ2n) is 6.41. The summed E-state index contributed by atoms with van der Waals surface area (Å²) < 4.78 is 26.9. The van der Waals surface area contributed by atoms with Gasteiger partial charge in [0.2, 0.25) is 5.91 Å². The summed E-state index contributed by atoms with van der Waals surface area (Å²) in [6.07, 6.45) is 7.88. The largest absolute Gasteiger partial charge is 0.353 e. The van der Waals surface area contributed by atoms with Gasteiger partial charge in [-0.15, -0.1) is 11.3 Å². The smallest absolute Gasteiger partial charge is 0.252 e. The van der Waals surface area contributed by atoms with E-state index in [2.05, 4.69) is 5.32 Å². The van der Waals surface area contributed by atoms with Crippen LogP contribution in [0.5, 0.6) is 0 Å². The molecule has 2 heterocycles. The molecule has 0 radical (unpaired) electrons. The lowest BCUT2D eigenvalue weighted by Gasteiger charge is -2.22. The third-order valence-electron chi connectivity index (χ3n) is 4.60. The highest BCUT2D eigenvalue weighted by Crippen LogP contribution is 2.27. The zero-order chi connectivity index (χ0) is 16.3. The molecule has 7 heteroatoms. The molecule has 1 aliphatic heterocycles. The lowest BCUT2D eigenvalue weighted by atomic mass is 9.95. The van der Waals surface area contributed by atoms with Gasteiger partial charge < -0.3 is 5.32 Å². The molecule has 1 aromatic rings. The Kier molecular flexibility index (Phi) is 5.38. The van der Waals surface area contributed by atoms with Gasteiger partial charge in [-0.25, -0.2) is 8.42 Å². The van der Waals surface area contributed by atoms with Gasteiger partial charge in [-0.05, 0) is 37.8 Å². The fourth-order valence-corrected chi connectivity index (χ4v) is 6.36. The Labute approximate surface area is 142 Å². The minimum absolute atomic E-state index is 0.00358. The molecule has 1 N–H and O–H groups in total. The molecule has 128 valence electrons. The fourth-order valence-electron chi connectivity index (χ4n) is 3.33. The van der Waals surface area contributed by atoms with Gasteiger partial charge in [0.25, 0.3) is 10.0 Å². The summed E-state index contributed by atoms with van der Waals surface area (Å²) in [5.41, 5.74) is 0. The first-order chi connectivity index (χ1) is 11.1. The predicted octanol–water partition coefficient (Wildman–Crippen LogP) is 2.52. The summed E-state index contributed by atoms with van der Waals surface area (Å²) >= 11 is 1.23. The Balaban J connectivity index is 1.59. The SMILES string of the molecule is O=C(Cc1ccc(S(=O)(=O)N2CCCC2)s1)NC1CCCCC1. The predicted molar refractivity (Wildman–Crippen MR) is 91.0 cm³/mol. The molecule has 0 bridgehead atoms. The average Bonchev–Trinajstić information content (AvgIpc) is 3.20. The summed E-state index contributed by atoms with van der Waals surface area (Å²) in [5, 5.41) is 3.08. The van der Waals surface area contributed by atoms with Gasteiger partial charge in [0.1, 0.15) is 4.21 Å². The topological polar surface area (TPSA) is 66.5 Å². The first-order valence-electron chi connectivity index (χ1n) is 8.44. The lowest BCUT2D eigenvalue weighted by molar-refractivity contribution is -0.121. The molecular weight excluding hydrogens is 332 g/mol. The van der Waals surface area contributed by atoms with Gasteiger partial charge in [-0.3, -0.25) is 4.79 Å². The van der Waals surface area contributed by atoms with Crippen molar-refractivity contribution >= 4 is 27.3 Å². The number of thiophene rings is 1. The van der Waals surface area contributed by atoms with Crippen molar-refractivity contribution in [1.29, 1.82) is 0 Å². The molecule has 0 unspecified atom stereocenters. The van der Waals surface area contributed by atoms with E-state index in [1.807, 2.05) is 0 Å². The molecule has 23 heavy (non-hydrogen) atoms. The number of amides is 1. The molecule has 0 atom stereocenters. The van der Waals surface area contributed by atoms with Gasteiger partial charge in [-0.2, -0.15) is 4.31 Å². The molecule has 1 saturated heterocycles. The molecule has 5 nitrogen and oxygen atoms in total. The van der Waals surface area contributed by atoms with Crippen molar-refractivity contribution in [3.05, 3.63) is 17.0 Å². The van der Waals surface area contributed by atoms with Crippen LogP contribution in [-0.4, -0.2) is 37.8 Å². The second kappa shape index (κ2) is 7.32. The summed E-state index contributed by atoms with van der Waals surface area (Å²) in [6.45, 7) is 1.22. The first-order valence-corrected chi connectivity index (χ1v) is 10.7. The Morgan fingerprint density at radius 3 is 2.52 bits per heavy atom. The van der Waals surface area contributed by atoms with Crippen LogP contribution in [0.1, 0.15) is 49.8 Å². The van der Waals surface area contributed by atoms with Crippen molar-refractivity contribution in [3.8, 4) is 0 Å². The van der Waals surface area contributed by atoms with Gasteiger partial charge >= 0.3 is 0 Å². The third-order valence-corrected chi connectivity index (χ3v) is 8.05. The normalized spacial score (nSPS) is 20.7. The van der Waals surface area contributed by atoms with Gasteiger partial charge in [0.15, 0.2) is 0 Å². The molecular formula is C16H24N2O3S2. The van der Waals surface area contributed by atoms with Crippen LogP contribution in [0.25, 0.3) is 0 Å². The first kappa shape index (κ1) is 16.9. The number of hydrogen-bond acceptors (Lipinski definition) is 4.